The topological polar surface area (TPSA) is 60.9 Å². The first-order valence-corrected chi connectivity index (χ1v) is 9.01. The highest BCUT2D eigenvalue weighted by atomic mass is 16.4. The number of hydrogen-bond acceptors (Lipinski definition) is 3. The molecule has 1 aliphatic heterocycles. The molecule has 0 bridgehead atoms. The molecule has 0 spiro atoms. The Balaban J connectivity index is 1.87. The van der Waals surface area contributed by atoms with Gasteiger partial charge in [0, 0.05) is 19.6 Å². The summed E-state index contributed by atoms with van der Waals surface area (Å²) in [4.78, 5) is 27.5. The van der Waals surface area contributed by atoms with Crippen LogP contribution in [0.1, 0.15) is 30.4 Å². The highest BCUT2D eigenvalue weighted by molar-refractivity contribution is 5.94. The van der Waals surface area contributed by atoms with E-state index in [1.807, 2.05) is 60.7 Å². The first-order chi connectivity index (χ1) is 12.6. The van der Waals surface area contributed by atoms with Gasteiger partial charge in [-0.25, -0.2) is 9.69 Å². The smallest absolute Gasteiger partial charge is 0.414 e. The van der Waals surface area contributed by atoms with Crippen molar-refractivity contribution in [3.8, 4) is 0 Å². The van der Waals surface area contributed by atoms with Gasteiger partial charge in [-0.3, -0.25) is 9.69 Å². The zero-order valence-corrected chi connectivity index (χ0v) is 14.8. The van der Waals surface area contributed by atoms with Crippen LogP contribution in [0, 0.1) is 0 Å². The minimum Gasteiger partial charge on any atom is -0.465 e. The second-order valence-electron chi connectivity index (χ2n) is 6.66. The van der Waals surface area contributed by atoms with E-state index in [9.17, 15) is 14.7 Å². The zero-order valence-electron chi connectivity index (χ0n) is 14.8. The monoisotopic (exact) mass is 352 g/mol. The van der Waals surface area contributed by atoms with Gasteiger partial charge in [0.2, 0.25) is 5.91 Å². The quantitative estimate of drug-likeness (QED) is 0.890. The molecule has 1 fully saturated rings. The van der Waals surface area contributed by atoms with E-state index in [4.69, 9.17) is 0 Å². The van der Waals surface area contributed by atoms with Gasteiger partial charge in [-0.15, -0.1) is 0 Å². The number of hydrogen-bond donors (Lipinski definition) is 1. The molecular weight excluding hydrogens is 328 g/mol. The molecule has 5 heteroatoms. The summed E-state index contributed by atoms with van der Waals surface area (Å²) in [7, 11) is 0. The number of rotatable bonds is 5. The van der Waals surface area contributed by atoms with Crippen LogP contribution in [0.3, 0.4) is 0 Å². The van der Waals surface area contributed by atoms with Crippen molar-refractivity contribution < 1.29 is 14.7 Å². The van der Waals surface area contributed by atoms with Gasteiger partial charge in [0.05, 0.1) is 6.04 Å². The summed E-state index contributed by atoms with van der Waals surface area (Å²) in [5.74, 6) is -0.304. The lowest BCUT2D eigenvalue weighted by Crippen LogP contribution is -2.48. The number of carboxylic acid groups (broad SMARTS) is 1. The Hall–Kier alpha value is -2.66. The summed E-state index contributed by atoms with van der Waals surface area (Å²) in [6, 6.07) is 19.6. The van der Waals surface area contributed by atoms with E-state index < -0.39 is 12.1 Å². The maximum absolute atomic E-state index is 12.9. The molecule has 3 rings (SSSR count). The molecule has 0 aromatic heterocycles. The molecule has 1 saturated heterocycles. The standard InChI is InChI=1S/C21H24N2O3/c24-20-19(13-7-8-14-23(20)21(25)26)22(15-17-9-3-1-4-10-17)16-18-11-5-2-6-12-18/h1-6,9-12,19H,7-8,13-16H2,(H,25,26). The van der Waals surface area contributed by atoms with Crippen LogP contribution in [0.5, 0.6) is 0 Å². The van der Waals surface area contributed by atoms with Gasteiger partial charge < -0.3 is 5.11 Å². The molecule has 0 saturated carbocycles. The van der Waals surface area contributed by atoms with Crippen LogP contribution in [0.15, 0.2) is 60.7 Å². The Morgan fingerprint density at radius 1 is 0.962 bits per heavy atom. The second kappa shape index (κ2) is 8.63. The van der Waals surface area contributed by atoms with Gasteiger partial charge in [-0.1, -0.05) is 60.7 Å². The third-order valence-electron chi connectivity index (χ3n) is 4.79. The van der Waals surface area contributed by atoms with Crippen molar-refractivity contribution >= 4 is 12.0 Å². The van der Waals surface area contributed by atoms with E-state index in [0.717, 1.165) is 28.9 Å². The molecule has 1 N–H and O–H groups in total. The minimum absolute atomic E-state index is 0.287. The minimum atomic E-state index is -1.15. The van der Waals surface area contributed by atoms with Crippen molar-refractivity contribution in [2.45, 2.75) is 38.4 Å². The fourth-order valence-corrected chi connectivity index (χ4v) is 3.46. The van der Waals surface area contributed by atoms with Crippen molar-refractivity contribution in [2.24, 2.45) is 0 Å². The van der Waals surface area contributed by atoms with Gasteiger partial charge >= 0.3 is 6.09 Å². The molecule has 0 radical (unpaired) electrons. The van der Waals surface area contributed by atoms with Crippen molar-refractivity contribution in [3.63, 3.8) is 0 Å². The lowest BCUT2D eigenvalue weighted by Gasteiger charge is -2.31. The Bertz CT molecular complexity index is 692. The van der Waals surface area contributed by atoms with Crippen LogP contribution in [-0.2, 0) is 17.9 Å². The Kier molecular flexibility index (Phi) is 6.02. The van der Waals surface area contributed by atoms with E-state index in [2.05, 4.69) is 4.90 Å². The van der Waals surface area contributed by atoms with Gasteiger partial charge in [0.1, 0.15) is 0 Å². The number of carbonyl (C=O) groups excluding carboxylic acids is 1. The molecule has 5 nitrogen and oxygen atoms in total. The van der Waals surface area contributed by atoms with Gasteiger partial charge in [0.25, 0.3) is 0 Å². The Morgan fingerprint density at radius 2 is 1.50 bits per heavy atom. The summed E-state index contributed by atoms with van der Waals surface area (Å²) < 4.78 is 0. The van der Waals surface area contributed by atoms with Gasteiger partial charge in [-0.05, 0) is 30.4 Å². The highest BCUT2D eigenvalue weighted by Gasteiger charge is 2.34. The predicted molar refractivity (Wildman–Crippen MR) is 99.5 cm³/mol. The van der Waals surface area contributed by atoms with Crippen molar-refractivity contribution in [2.75, 3.05) is 6.54 Å². The maximum atomic E-state index is 12.9. The van der Waals surface area contributed by atoms with E-state index in [-0.39, 0.29) is 12.5 Å². The normalized spacial score (nSPS) is 18.0. The number of benzene rings is 2. The van der Waals surface area contributed by atoms with Gasteiger partial charge in [-0.2, -0.15) is 0 Å². The van der Waals surface area contributed by atoms with E-state index >= 15 is 0 Å². The van der Waals surface area contributed by atoms with Crippen LogP contribution in [0.2, 0.25) is 0 Å². The second-order valence-corrected chi connectivity index (χ2v) is 6.66. The summed E-state index contributed by atoms with van der Waals surface area (Å²) in [6.07, 6.45) is 1.10. The third kappa shape index (κ3) is 4.49. The fourth-order valence-electron chi connectivity index (χ4n) is 3.46. The zero-order chi connectivity index (χ0) is 18.4. The molecule has 1 heterocycles. The van der Waals surface area contributed by atoms with Crippen LogP contribution in [-0.4, -0.2) is 39.5 Å². The number of amides is 2. The summed E-state index contributed by atoms with van der Waals surface area (Å²) in [5.41, 5.74) is 2.23. The number of carbonyl (C=O) groups is 2. The molecule has 2 amide bonds. The molecular formula is C21H24N2O3. The molecule has 1 atom stereocenters. The lowest BCUT2D eigenvalue weighted by molar-refractivity contribution is -0.134. The van der Waals surface area contributed by atoms with E-state index in [0.29, 0.717) is 19.5 Å². The molecule has 2 aromatic carbocycles. The SMILES string of the molecule is O=C(O)N1CCCCC(N(Cc2ccccc2)Cc2ccccc2)C1=O. The summed E-state index contributed by atoms with van der Waals surface area (Å²) >= 11 is 0. The van der Waals surface area contributed by atoms with Crippen molar-refractivity contribution in [1.82, 2.24) is 9.80 Å². The van der Waals surface area contributed by atoms with Gasteiger partial charge in [0.15, 0.2) is 0 Å². The molecule has 0 aliphatic carbocycles. The number of likely N-dealkylation sites (tertiary alicyclic amines) is 1. The fraction of sp³-hybridized carbons (Fsp3) is 0.333. The maximum Gasteiger partial charge on any atom is 0.414 e. The van der Waals surface area contributed by atoms with Crippen LogP contribution < -0.4 is 0 Å². The van der Waals surface area contributed by atoms with E-state index in [1.54, 1.807) is 0 Å². The lowest BCUT2D eigenvalue weighted by atomic mass is 10.1. The van der Waals surface area contributed by atoms with Crippen LogP contribution in [0.25, 0.3) is 0 Å². The number of nitrogens with zero attached hydrogens (tertiary/aromatic N) is 2. The molecule has 136 valence electrons. The van der Waals surface area contributed by atoms with E-state index in [1.165, 1.54) is 0 Å². The average Bonchev–Trinajstić information content (AvgIpc) is 2.84. The molecule has 1 aliphatic rings. The van der Waals surface area contributed by atoms with Crippen molar-refractivity contribution in [1.29, 1.82) is 0 Å². The predicted octanol–water partition coefficient (Wildman–Crippen LogP) is 3.75. The van der Waals surface area contributed by atoms with Crippen molar-refractivity contribution in [3.05, 3.63) is 71.8 Å². The molecule has 1 unspecified atom stereocenters. The molecule has 26 heavy (non-hydrogen) atoms. The molecule has 2 aromatic rings. The Labute approximate surface area is 153 Å². The first kappa shape index (κ1) is 18.1. The average molecular weight is 352 g/mol. The summed E-state index contributed by atoms with van der Waals surface area (Å²) in [6.45, 7) is 1.51. The highest BCUT2D eigenvalue weighted by Crippen LogP contribution is 2.22. The third-order valence-corrected chi connectivity index (χ3v) is 4.79. The van der Waals surface area contributed by atoms with Crippen LogP contribution >= 0.6 is 0 Å². The summed E-state index contributed by atoms with van der Waals surface area (Å²) in [5, 5.41) is 9.40. The number of imide groups is 1. The largest absolute Gasteiger partial charge is 0.465 e. The van der Waals surface area contributed by atoms with Crippen LogP contribution in [0.4, 0.5) is 4.79 Å². The first-order valence-electron chi connectivity index (χ1n) is 9.01. The Morgan fingerprint density at radius 3 is 2.00 bits per heavy atom.